The van der Waals surface area contributed by atoms with E-state index >= 15 is 0 Å². The van der Waals surface area contributed by atoms with Gasteiger partial charge in [0.05, 0.1) is 17.9 Å². The van der Waals surface area contributed by atoms with E-state index in [1.54, 1.807) is 5.38 Å². The smallest absolute Gasteiger partial charge is 0.309 e. The number of pyridine rings is 1. The molecule has 29 heavy (non-hydrogen) atoms. The number of hydrogen-bond acceptors (Lipinski definition) is 4. The number of carbonyl (C=O) groups excluding carboxylic acids is 1. The molecule has 0 spiro atoms. The summed E-state index contributed by atoms with van der Waals surface area (Å²) in [5, 5.41) is 2.03. The van der Waals surface area contributed by atoms with Crippen molar-refractivity contribution in [3.05, 3.63) is 75.1 Å². The summed E-state index contributed by atoms with van der Waals surface area (Å²) >= 11 is 1.19. The van der Waals surface area contributed by atoms with E-state index in [1.807, 2.05) is 31.2 Å². The highest BCUT2D eigenvalue weighted by Crippen LogP contribution is 2.32. The highest BCUT2D eigenvalue weighted by Gasteiger charge is 2.34. The van der Waals surface area contributed by atoms with Crippen LogP contribution in [0.15, 0.2) is 52.8 Å². The Bertz CT molecular complexity index is 1090. The Morgan fingerprint density at radius 3 is 2.59 bits per heavy atom. The number of anilines is 2. The first-order valence-electron chi connectivity index (χ1n) is 8.82. The predicted octanol–water partition coefficient (Wildman–Crippen LogP) is 4.62. The van der Waals surface area contributed by atoms with Gasteiger partial charge in [-0.3, -0.25) is 14.5 Å². The maximum Gasteiger partial charge on any atom is 0.421 e. The number of thiazole rings is 1. The minimum absolute atomic E-state index is 0.125. The fourth-order valence-corrected chi connectivity index (χ4v) is 3.83. The second kappa shape index (κ2) is 8.20. The third-order valence-corrected chi connectivity index (χ3v) is 5.19. The molecular formula is C20H18F3N3O2S. The Morgan fingerprint density at radius 1 is 1.21 bits per heavy atom. The second-order valence-electron chi connectivity index (χ2n) is 6.31. The Hall–Kier alpha value is -2.94. The quantitative estimate of drug-likeness (QED) is 0.604. The number of hydrogen-bond donors (Lipinski definition) is 0. The van der Waals surface area contributed by atoms with Crippen LogP contribution in [0.25, 0.3) is 0 Å². The number of amides is 1. The molecular weight excluding hydrogens is 403 g/mol. The Morgan fingerprint density at radius 2 is 1.93 bits per heavy atom. The van der Waals surface area contributed by atoms with Gasteiger partial charge in [0.2, 0.25) is 5.91 Å². The van der Waals surface area contributed by atoms with Crippen molar-refractivity contribution in [2.24, 2.45) is 0 Å². The number of benzene rings is 1. The molecule has 0 bridgehead atoms. The molecule has 152 valence electrons. The van der Waals surface area contributed by atoms with Crippen molar-refractivity contribution >= 4 is 28.1 Å². The number of aryl methyl sites for hydroxylation is 1. The second-order valence-corrected chi connectivity index (χ2v) is 7.15. The maximum atomic E-state index is 13.0. The van der Waals surface area contributed by atoms with Crippen molar-refractivity contribution < 1.29 is 18.0 Å². The number of aromatic nitrogens is 2. The SMILES string of the molecule is CCc1ccccc1N(C(C)=O)c1nc(Cn2cccc(C(F)(F)F)c2=O)cs1. The minimum Gasteiger partial charge on any atom is -0.309 e. The van der Waals surface area contributed by atoms with Crippen LogP contribution in [-0.4, -0.2) is 15.5 Å². The van der Waals surface area contributed by atoms with Crippen LogP contribution in [0, 0.1) is 0 Å². The fourth-order valence-electron chi connectivity index (χ4n) is 2.96. The number of rotatable bonds is 5. The topological polar surface area (TPSA) is 55.2 Å². The van der Waals surface area contributed by atoms with Crippen LogP contribution in [0.2, 0.25) is 0 Å². The average Bonchev–Trinajstić information content (AvgIpc) is 3.10. The normalized spacial score (nSPS) is 11.5. The molecule has 0 aliphatic rings. The first kappa shape index (κ1) is 20.8. The number of alkyl halides is 3. The number of nitrogens with zero attached hydrogens (tertiary/aromatic N) is 3. The summed E-state index contributed by atoms with van der Waals surface area (Å²) in [5.41, 5.74) is -0.285. The molecule has 1 amide bonds. The first-order chi connectivity index (χ1) is 13.7. The van der Waals surface area contributed by atoms with Crippen molar-refractivity contribution in [3.63, 3.8) is 0 Å². The first-order valence-corrected chi connectivity index (χ1v) is 9.70. The lowest BCUT2D eigenvalue weighted by Gasteiger charge is -2.21. The van der Waals surface area contributed by atoms with E-state index in [9.17, 15) is 22.8 Å². The number of para-hydroxylation sites is 1. The zero-order valence-electron chi connectivity index (χ0n) is 15.7. The van der Waals surface area contributed by atoms with Crippen LogP contribution in [0.5, 0.6) is 0 Å². The van der Waals surface area contributed by atoms with Gasteiger partial charge in [-0.15, -0.1) is 11.3 Å². The summed E-state index contributed by atoms with van der Waals surface area (Å²) in [5.74, 6) is -0.233. The molecule has 2 heterocycles. The Balaban J connectivity index is 1.95. The van der Waals surface area contributed by atoms with E-state index in [0.29, 0.717) is 16.5 Å². The lowest BCUT2D eigenvalue weighted by Crippen LogP contribution is -2.28. The Labute approximate surface area is 169 Å². The lowest BCUT2D eigenvalue weighted by atomic mass is 10.1. The summed E-state index contributed by atoms with van der Waals surface area (Å²) in [6.07, 6.45) is -2.72. The molecule has 9 heteroatoms. The third kappa shape index (κ3) is 4.40. The molecule has 0 unspecified atom stereocenters. The molecule has 0 saturated heterocycles. The van der Waals surface area contributed by atoms with Gasteiger partial charge in [-0.05, 0) is 30.2 Å². The molecule has 0 radical (unpaired) electrons. The highest BCUT2D eigenvalue weighted by molar-refractivity contribution is 7.14. The van der Waals surface area contributed by atoms with Gasteiger partial charge in [-0.1, -0.05) is 25.1 Å². The molecule has 3 rings (SSSR count). The van der Waals surface area contributed by atoms with Gasteiger partial charge < -0.3 is 4.57 Å². The molecule has 0 atom stereocenters. The zero-order chi connectivity index (χ0) is 21.2. The summed E-state index contributed by atoms with van der Waals surface area (Å²) in [6, 6.07) is 9.37. The van der Waals surface area contributed by atoms with Crippen LogP contribution < -0.4 is 10.5 Å². The average molecular weight is 421 g/mol. The van der Waals surface area contributed by atoms with Crippen LogP contribution in [0.1, 0.15) is 30.7 Å². The molecule has 0 saturated carbocycles. The van der Waals surface area contributed by atoms with Gasteiger partial charge in [-0.25, -0.2) is 4.98 Å². The number of carbonyl (C=O) groups is 1. The van der Waals surface area contributed by atoms with Gasteiger partial charge >= 0.3 is 6.18 Å². The van der Waals surface area contributed by atoms with Crippen molar-refractivity contribution in [1.82, 2.24) is 9.55 Å². The highest BCUT2D eigenvalue weighted by atomic mass is 32.1. The molecule has 1 aromatic carbocycles. The van der Waals surface area contributed by atoms with Crippen LogP contribution >= 0.6 is 11.3 Å². The molecule has 3 aromatic rings. The Kier molecular flexibility index (Phi) is 5.88. The zero-order valence-corrected chi connectivity index (χ0v) is 16.5. The largest absolute Gasteiger partial charge is 0.421 e. The van der Waals surface area contributed by atoms with Crippen LogP contribution in [0.3, 0.4) is 0 Å². The monoisotopic (exact) mass is 421 g/mol. The number of halogens is 3. The van der Waals surface area contributed by atoms with E-state index in [0.717, 1.165) is 22.6 Å². The van der Waals surface area contributed by atoms with Crippen molar-refractivity contribution in [2.45, 2.75) is 33.0 Å². The molecule has 5 nitrogen and oxygen atoms in total. The fraction of sp³-hybridized carbons (Fsp3) is 0.250. The molecule has 0 aliphatic carbocycles. The van der Waals surface area contributed by atoms with E-state index in [1.165, 1.54) is 35.4 Å². The van der Waals surface area contributed by atoms with Gasteiger partial charge in [-0.2, -0.15) is 13.2 Å². The van der Waals surface area contributed by atoms with Crippen molar-refractivity contribution in [3.8, 4) is 0 Å². The van der Waals surface area contributed by atoms with E-state index in [-0.39, 0.29) is 12.5 Å². The van der Waals surface area contributed by atoms with Crippen molar-refractivity contribution in [1.29, 1.82) is 0 Å². The van der Waals surface area contributed by atoms with E-state index < -0.39 is 17.3 Å². The standard InChI is InChI=1S/C20H18F3N3O2S/c1-3-14-7-4-5-9-17(14)26(13(2)27)19-24-15(12-29-19)11-25-10-6-8-16(18(25)28)20(21,22)23/h4-10,12H,3,11H2,1-2H3. The molecule has 0 fully saturated rings. The maximum absolute atomic E-state index is 13.0. The minimum atomic E-state index is -4.72. The van der Waals surface area contributed by atoms with Gasteiger partial charge in [0.15, 0.2) is 5.13 Å². The summed E-state index contributed by atoms with van der Waals surface area (Å²) in [4.78, 5) is 30.3. The summed E-state index contributed by atoms with van der Waals surface area (Å²) in [6.45, 7) is 3.27. The van der Waals surface area contributed by atoms with Gasteiger partial charge in [0.1, 0.15) is 5.56 Å². The third-order valence-electron chi connectivity index (χ3n) is 4.32. The van der Waals surface area contributed by atoms with Crippen molar-refractivity contribution in [2.75, 3.05) is 4.90 Å². The van der Waals surface area contributed by atoms with E-state index in [2.05, 4.69) is 4.98 Å². The van der Waals surface area contributed by atoms with Crippen LogP contribution in [-0.2, 0) is 23.9 Å². The van der Waals surface area contributed by atoms with Gasteiger partial charge in [0.25, 0.3) is 5.56 Å². The summed E-state index contributed by atoms with van der Waals surface area (Å²) < 4.78 is 39.8. The van der Waals surface area contributed by atoms with Crippen LogP contribution in [0.4, 0.5) is 24.0 Å². The predicted molar refractivity (Wildman–Crippen MR) is 106 cm³/mol. The van der Waals surface area contributed by atoms with E-state index in [4.69, 9.17) is 0 Å². The lowest BCUT2D eigenvalue weighted by molar-refractivity contribution is -0.139. The molecule has 2 aromatic heterocycles. The van der Waals surface area contributed by atoms with Gasteiger partial charge in [0, 0.05) is 18.5 Å². The molecule has 0 N–H and O–H groups in total. The summed E-state index contributed by atoms with van der Waals surface area (Å²) in [7, 11) is 0. The molecule has 0 aliphatic heterocycles.